The van der Waals surface area contributed by atoms with E-state index in [9.17, 15) is 4.79 Å². The van der Waals surface area contributed by atoms with Gasteiger partial charge in [-0.1, -0.05) is 12.1 Å². The van der Waals surface area contributed by atoms with Crippen LogP contribution in [0.15, 0.2) is 42.5 Å². The molecule has 4 heteroatoms. The van der Waals surface area contributed by atoms with Gasteiger partial charge in [-0.2, -0.15) is 0 Å². The van der Waals surface area contributed by atoms with Crippen LogP contribution in [0.25, 0.3) is 6.08 Å². The van der Waals surface area contributed by atoms with Gasteiger partial charge in [-0.3, -0.25) is 0 Å². The Morgan fingerprint density at radius 1 is 0.920 bits per heavy atom. The molecule has 0 spiro atoms. The summed E-state index contributed by atoms with van der Waals surface area (Å²) in [7, 11) is 0. The topological polar surface area (TPSA) is 44.8 Å². The van der Waals surface area contributed by atoms with Crippen molar-refractivity contribution in [3.05, 3.63) is 59.2 Å². The first-order valence-corrected chi connectivity index (χ1v) is 8.40. The van der Waals surface area contributed by atoms with Gasteiger partial charge in [-0.25, -0.2) is 4.79 Å². The second-order valence-corrected chi connectivity index (χ2v) is 5.57. The molecule has 0 fully saturated rings. The Morgan fingerprint density at radius 2 is 1.64 bits per heavy atom. The number of ether oxygens (including phenoxy) is 3. The first-order valence-electron chi connectivity index (χ1n) is 8.40. The average Bonchev–Trinajstić information content (AvgIpc) is 2.59. The Bertz CT molecular complexity index is 762. The largest absolute Gasteiger partial charge is 0.490 e. The molecule has 132 valence electrons. The zero-order valence-corrected chi connectivity index (χ0v) is 15.2. The van der Waals surface area contributed by atoms with Gasteiger partial charge in [0.25, 0.3) is 0 Å². The normalized spacial score (nSPS) is 10.7. The van der Waals surface area contributed by atoms with Crippen LogP contribution in [0.3, 0.4) is 0 Å². The zero-order valence-electron chi connectivity index (χ0n) is 15.2. The van der Waals surface area contributed by atoms with Crippen LogP contribution in [0.4, 0.5) is 0 Å². The molecule has 0 aliphatic rings. The fourth-order valence-corrected chi connectivity index (χ4v) is 2.26. The summed E-state index contributed by atoms with van der Waals surface area (Å²) in [6.45, 7) is 8.95. The van der Waals surface area contributed by atoms with E-state index in [-0.39, 0.29) is 0 Å². The van der Waals surface area contributed by atoms with E-state index in [1.54, 1.807) is 12.1 Å². The smallest absolute Gasteiger partial charge is 0.336 e. The van der Waals surface area contributed by atoms with Crippen molar-refractivity contribution in [2.24, 2.45) is 0 Å². The quantitative estimate of drug-likeness (QED) is 0.416. The number of esters is 1. The van der Waals surface area contributed by atoms with Gasteiger partial charge in [0, 0.05) is 6.08 Å². The lowest BCUT2D eigenvalue weighted by Crippen LogP contribution is -2.04. The van der Waals surface area contributed by atoms with Crippen LogP contribution < -0.4 is 14.2 Å². The molecule has 2 aromatic carbocycles. The van der Waals surface area contributed by atoms with Crippen LogP contribution in [-0.4, -0.2) is 19.2 Å². The monoisotopic (exact) mass is 340 g/mol. The Hall–Kier alpha value is -2.75. The van der Waals surface area contributed by atoms with E-state index in [1.807, 2.05) is 58.0 Å². The number of rotatable bonds is 7. The number of hydrogen-bond acceptors (Lipinski definition) is 4. The van der Waals surface area contributed by atoms with Gasteiger partial charge in [-0.05, 0) is 74.7 Å². The summed E-state index contributed by atoms with van der Waals surface area (Å²) in [6.07, 6.45) is 3.10. The van der Waals surface area contributed by atoms with Crippen LogP contribution >= 0.6 is 0 Å². The molecule has 0 bridgehead atoms. The molecule has 0 saturated heterocycles. The van der Waals surface area contributed by atoms with Crippen LogP contribution in [0.5, 0.6) is 17.2 Å². The molecule has 0 N–H and O–H groups in total. The Labute approximate surface area is 149 Å². The minimum Gasteiger partial charge on any atom is -0.490 e. The molecular formula is C21H24O4. The van der Waals surface area contributed by atoms with Crippen molar-refractivity contribution >= 4 is 12.0 Å². The van der Waals surface area contributed by atoms with Crippen molar-refractivity contribution in [1.82, 2.24) is 0 Å². The van der Waals surface area contributed by atoms with E-state index in [2.05, 4.69) is 0 Å². The summed E-state index contributed by atoms with van der Waals surface area (Å²) >= 11 is 0. The minimum atomic E-state index is -0.421. The molecule has 0 atom stereocenters. The molecule has 0 saturated carbocycles. The average molecular weight is 340 g/mol. The third-order valence-electron chi connectivity index (χ3n) is 3.68. The fraction of sp³-hybridized carbons (Fsp3) is 0.286. The first kappa shape index (κ1) is 18.6. The number of aryl methyl sites for hydroxylation is 2. The van der Waals surface area contributed by atoms with Gasteiger partial charge < -0.3 is 14.2 Å². The van der Waals surface area contributed by atoms with Crippen LogP contribution in [0.1, 0.15) is 30.5 Å². The molecular weight excluding hydrogens is 316 g/mol. The summed E-state index contributed by atoms with van der Waals surface area (Å²) in [5.74, 6) is 1.47. The lowest BCUT2D eigenvalue weighted by molar-refractivity contribution is -0.128. The van der Waals surface area contributed by atoms with Gasteiger partial charge in [0.05, 0.1) is 13.2 Å². The van der Waals surface area contributed by atoms with Crippen molar-refractivity contribution in [3.8, 4) is 17.2 Å². The maximum Gasteiger partial charge on any atom is 0.336 e. The van der Waals surface area contributed by atoms with E-state index in [4.69, 9.17) is 14.2 Å². The lowest BCUT2D eigenvalue weighted by atomic mass is 10.1. The lowest BCUT2D eigenvalue weighted by Gasteiger charge is -2.11. The summed E-state index contributed by atoms with van der Waals surface area (Å²) in [4.78, 5) is 12.0. The molecule has 0 unspecified atom stereocenters. The third-order valence-corrected chi connectivity index (χ3v) is 3.68. The fourth-order valence-electron chi connectivity index (χ4n) is 2.26. The predicted octanol–water partition coefficient (Wildman–Crippen LogP) is 4.72. The Balaban J connectivity index is 2.08. The van der Waals surface area contributed by atoms with Crippen LogP contribution in [-0.2, 0) is 4.79 Å². The minimum absolute atomic E-state index is 0.421. The maximum atomic E-state index is 12.0. The highest BCUT2D eigenvalue weighted by atomic mass is 16.5. The van der Waals surface area contributed by atoms with Crippen molar-refractivity contribution in [2.45, 2.75) is 27.7 Å². The predicted molar refractivity (Wildman–Crippen MR) is 99.4 cm³/mol. The van der Waals surface area contributed by atoms with Gasteiger partial charge >= 0.3 is 5.97 Å². The molecule has 0 aliphatic carbocycles. The number of carbonyl (C=O) groups excluding carboxylic acids is 1. The SMILES string of the molecule is CCOc1ccc(C=CC(=O)Oc2ccc(C)c(C)c2)cc1OCC. The van der Waals surface area contributed by atoms with Crippen molar-refractivity contribution in [3.63, 3.8) is 0 Å². The summed E-state index contributed by atoms with van der Waals surface area (Å²) in [5.41, 5.74) is 3.08. The molecule has 0 aromatic heterocycles. The molecule has 0 aliphatic heterocycles. The molecule has 0 radical (unpaired) electrons. The van der Waals surface area contributed by atoms with Crippen molar-refractivity contribution in [1.29, 1.82) is 0 Å². The van der Waals surface area contributed by atoms with Crippen molar-refractivity contribution in [2.75, 3.05) is 13.2 Å². The summed E-state index contributed by atoms with van der Waals surface area (Å²) in [6, 6.07) is 11.1. The van der Waals surface area contributed by atoms with Gasteiger partial charge in [0.1, 0.15) is 5.75 Å². The summed E-state index contributed by atoms with van der Waals surface area (Å²) < 4.78 is 16.4. The Morgan fingerprint density at radius 3 is 2.32 bits per heavy atom. The second kappa shape index (κ2) is 8.92. The highest BCUT2D eigenvalue weighted by Crippen LogP contribution is 2.29. The maximum absolute atomic E-state index is 12.0. The summed E-state index contributed by atoms with van der Waals surface area (Å²) in [5, 5.41) is 0. The number of carbonyl (C=O) groups is 1. The second-order valence-electron chi connectivity index (χ2n) is 5.57. The third kappa shape index (κ3) is 5.38. The van der Waals surface area contributed by atoms with E-state index in [0.29, 0.717) is 30.5 Å². The van der Waals surface area contributed by atoms with E-state index < -0.39 is 5.97 Å². The van der Waals surface area contributed by atoms with Crippen LogP contribution in [0, 0.1) is 13.8 Å². The molecule has 25 heavy (non-hydrogen) atoms. The zero-order chi connectivity index (χ0) is 18.2. The van der Waals surface area contributed by atoms with E-state index >= 15 is 0 Å². The standard InChI is InChI=1S/C21H24O4/c1-5-23-19-11-8-17(14-20(19)24-6-2)9-12-21(22)25-18-10-7-15(3)16(4)13-18/h7-14H,5-6H2,1-4H3. The molecule has 2 aromatic rings. The molecule has 4 nitrogen and oxygen atoms in total. The molecule has 0 heterocycles. The molecule has 0 amide bonds. The van der Waals surface area contributed by atoms with Gasteiger partial charge in [0.2, 0.25) is 0 Å². The van der Waals surface area contributed by atoms with Crippen molar-refractivity contribution < 1.29 is 19.0 Å². The van der Waals surface area contributed by atoms with E-state index in [0.717, 1.165) is 16.7 Å². The van der Waals surface area contributed by atoms with Crippen LogP contribution in [0.2, 0.25) is 0 Å². The van der Waals surface area contributed by atoms with Gasteiger partial charge in [-0.15, -0.1) is 0 Å². The van der Waals surface area contributed by atoms with Gasteiger partial charge in [0.15, 0.2) is 11.5 Å². The number of benzene rings is 2. The Kier molecular flexibility index (Phi) is 6.63. The van der Waals surface area contributed by atoms with E-state index in [1.165, 1.54) is 6.08 Å². The molecule has 2 rings (SSSR count). The highest BCUT2D eigenvalue weighted by molar-refractivity contribution is 5.88. The first-order chi connectivity index (χ1) is 12.0. The highest BCUT2D eigenvalue weighted by Gasteiger charge is 2.06. The number of hydrogen-bond donors (Lipinski definition) is 0.